The number of nitrogens with one attached hydrogen (secondary N) is 2. The number of aromatic amines is 1. The maximum atomic E-state index is 4.49. The summed E-state index contributed by atoms with van der Waals surface area (Å²) in [6.07, 6.45) is 5.53. The summed E-state index contributed by atoms with van der Waals surface area (Å²) in [5.74, 6) is 0.934. The first kappa shape index (κ1) is 13.8. The maximum Gasteiger partial charge on any atom is 0.155 e. The number of H-pyrrole nitrogens is 1. The first-order valence-corrected chi connectivity index (χ1v) is 7.13. The molecule has 2 unspecified atom stereocenters. The highest BCUT2D eigenvalue weighted by Crippen LogP contribution is 2.20. The lowest BCUT2D eigenvalue weighted by molar-refractivity contribution is 0.475. The van der Waals surface area contributed by atoms with Crippen LogP contribution in [0.3, 0.4) is 0 Å². The zero-order valence-electron chi connectivity index (χ0n) is 12.8. The number of aromatic nitrogens is 5. The zero-order chi connectivity index (χ0) is 15.0. The minimum atomic E-state index is 0.143. The monoisotopic (exact) mass is 284 g/mol. The molecule has 0 saturated heterocycles. The van der Waals surface area contributed by atoms with Gasteiger partial charge in [0.2, 0.25) is 0 Å². The number of aryl methyl sites for hydroxylation is 2. The Bertz CT molecular complexity index is 743. The molecule has 0 fully saturated rings. The van der Waals surface area contributed by atoms with Crippen LogP contribution in [0.1, 0.15) is 48.7 Å². The molecule has 2 atom stereocenters. The second-order valence-electron chi connectivity index (χ2n) is 5.44. The molecule has 0 aliphatic rings. The Morgan fingerprint density at radius 3 is 2.71 bits per heavy atom. The van der Waals surface area contributed by atoms with E-state index in [-0.39, 0.29) is 12.1 Å². The van der Waals surface area contributed by atoms with Crippen molar-refractivity contribution in [2.75, 3.05) is 0 Å². The molecule has 110 valence electrons. The smallest absolute Gasteiger partial charge is 0.155 e. The van der Waals surface area contributed by atoms with Gasteiger partial charge in [-0.2, -0.15) is 5.10 Å². The van der Waals surface area contributed by atoms with Crippen LogP contribution in [0.2, 0.25) is 0 Å². The second kappa shape index (κ2) is 5.29. The fraction of sp³-hybridized carbons (Fsp3) is 0.400. The van der Waals surface area contributed by atoms with Gasteiger partial charge in [0.25, 0.3) is 0 Å². The molecule has 3 aromatic heterocycles. The van der Waals surface area contributed by atoms with Crippen LogP contribution < -0.4 is 5.32 Å². The van der Waals surface area contributed by atoms with Crippen molar-refractivity contribution in [3.8, 4) is 0 Å². The van der Waals surface area contributed by atoms with Gasteiger partial charge in [-0.25, -0.2) is 14.5 Å². The van der Waals surface area contributed by atoms with E-state index < -0.39 is 0 Å². The highest BCUT2D eigenvalue weighted by Gasteiger charge is 2.16. The molecule has 0 spiro atoms. The Morgan fingerprint density at radius 2 is 2.00 bits per heavy atom. The molecule has 0 saturated carbocycles. The average Bonchev–Trinajstić information content (AvgIpc) is 3.07. The summed E-state index contributed by atoms with van der Waals surface area (Å²) < 4.78 is 1.90. The molecule has 3 aromatic rings. The second-order valence-corrected chi connectivity index (χ2v) is 5.44. The molecule has 3 rings (SSSR count). The Kier molecular flexibility index (Phi) is 3.47. The molecule has 6 heteroatoms. The van der Waals surface area contributed by atoms with Crippen LogP contribution in [-0.4, -0.2) is 24.6 Å². The van der Waals surface area contributed by atoms with Crippen molar-refractivity contribution in [3.05, 3.63) is 47.4 Å². The molecular formula is C15H20N6. The van der Waals surface area contributed by atoms with Gasteiger partial charge in [0.05, 0.1) is 11.7 Å². The third-order valence-electron chi connectivity index (χ3n) is 3.78. The van der Waals surface area contributed by atoms with Crippen molar-refractivity contribution in [3.63, 3.8) is 0 Å². The van der Waals surface area contributed by atoms with Gasteiger partial charge in [-0.3, -0.25) is 0 Å². The highest BCUT2D eigenvalue weighted by molar-refractivity contribution is 5.42. The van der Waals surface area contributed by atoms with E-state index in [0.717, 1.165) is 28.4 Å². The van der Waals surface area contributed by atoms with Crippen molar-refractivity contribution >= 4 is 5.65 Å². The van der Waals surface area contributed by atoms with Gasteiger partial charge in [-0.1, -0.05) is 0 Å². The minimum absolute atomic E-state index is 0.143. The lowest BCUT2D eigenvalue weighted by atomic mass is 10.1. The van der Waals surface area contributed by atoms with Gasteiger partial charge in [0, 0.05) is 42.0 Å². The standard InChI is InChI=1S/C15H20N6/c1-9-7-14-18-8-13(12(4)21(14)20-9)10(2)19-11(3)15-16-5-6-17-15/h5-8,10-11,19H,1-4H3,(H,16,17). The molecule has 2 N–H and O–H groups in total. The number of hydrogen-bond acceptors (Lipinski definition) is 4. The van der Waals surface area contributed by atoms with E-state index in [0.29, 0.717) is 0 Å². The van der Waals surface area contributed by atoms with E-state index in [1.54, 1.807) is 6.20 Å². The van der Waals surface area contributed by atoms with Crippen LogP contribution in [-0.2, 0) is 0 Å². The zero-order valence-corrected chi connectivity index (χ0v) is 12.8. The lowest BCUT2D eigenvalue weighted by Crippen LogP contribution is -2.24. The fourth-order valence-corrected chi connectivity index (χ4v) is 2.66. The molecule has 6 nitrogen and oxygen atoms in total. The topological polar surface area (TPSA) is 70.9 Å². The van der Waals surface area contributed by atoms with E-state index in [1.165, 1.54) is 0 Å². The molecule has 0 bridgehead atoms. The Balaban J connectivity index is 1.87. The average molecular weight is 284 g/mol. The van der Waals surface area contributed by atoms with E-state index >= 15 is 0 Å². The van der Waals surface area contributed by atoms with Crippen molar-refractivity contribution in [2.24, 2.45) is 0 Å². The van der Waals surface area contributed by atoms with Crippen LogP contribution in [0.4, 0.5) is 0 Å². The molecule has 0 aromatic carbocycles. The van der Waals surface area contributed by atoms with Crippen LogP contribution in [0, 0.1) is 13.8 Å². The van der Waals surface area contributed by atoms with Crippen LogP contribution >= 0.6 is 0 Å². The molecule has 0 amide bonds. The largest absolute Gasteiger partial charge is 0.347 e. The third kappa shape index (κ3) is 2.54. The summed E-state index contributed by atoms with van der Waals surface area (Å²) in [5, 5.41) is 8.03. The Labute approximate surface area is 123 Å². The van der Waals surface area contributed by atoms with Crippen molar-refractivity contribution < 1.29 is 0 Å². The van der Waals surface area contributed by atoms with Crippen molar-refractivity contribution in [1.29, 1.82) is 0 Å². The van der Waals surface area contributed by atoms with Crippen LogP contribution in [0.5, 0.6) is 0 Å². The molecule has 0 aliphatic carbocycles. The molecule has 0 aliphatic heterocycles. The van der Waals surface area contributed by atoms with Gasteiger partial charge in [-0.05, 0) is 27.7 Å². The maximum absolute atomic E-state index is 4.49. The summed E-state index contributed by atoms with van der Waals surface area (Å²) in [5.41, 5.74) is 4.12. The third-order valence-corrected chi connectivity index (χ3v) is 3.78. The molecular weight excluding hydrogens is 264 g/mol. The SMILES string of the molecule is Cc1cc2ncc(C(C)NC(C)c3ncc[nH]3)c(C)n2n1. The van der Waals surface area contributed by atoms with Crippen molar-refractivity contribution in [1.82, 2.24) is 29.9 Å². The minimum Gasteiger partial charge on any atom is -0.347 e. The normalized spacial score (nSPS) is 14.5. The summed E-state index contributed by atoms with van der Waals surface area (Å²) in [6, 6.07) is 2.29. The quantitative estimate of drug-likeness (QED) is 0.772. The van der Waals surface area contributed by atoms with E-state index in [2.05, 4.69) is 46.1 Å². The van der Waals surface area contributed by atoms with Crippen LogP contribution in [0.25, 0.3) is 5.65 Å². The molecule has 3 heterocycles. The van der Waals surface area contributed by atoms with Gasteiger partial charge >= 0.3 is 0 Å². The number of fused-ring (bicyclic) bond motifs is 1. The Hall–Kier alpha value is -2.21. The van der Waals surface area contributed by atoms with Gasteiger partial charge < -0.3 is 10.3 Å². The number of imidazole rings is 1. The summed E-state index contributed by atoms with van der Waals surface area (Å²) in [4.78, 5) is 11.9. The first-order valence-electron chi connectivity index (χ1n) is 7.13. The predicted octanol–water partition coefficient (Wildman–Crippen LogP) is 2.48. The number of hydrogen-bond donors (Lipinski definition) is 2. The molecule has 21 heavy (non-hydrogen) atoms. The van der Waals surface area contributed by atoms with E-state index in [4.69, 9.17) is 0 Å². The van der Waals surface area contributed by atoms with E-state index in [1.807, 2.05) is 29.9 Å². The van der Waals surface area contributed by atoms with Crippen LogP contribution in [0.15, 0.2) is 24.7 Å². The molecule has 0 radical (unpaired) electrons. The summed E-state index contributed by atoms with van der Waals surface area (Å²) in [7, 11) is 0. The summed E-state index contributed by atoms with van der Waals surface area (Å²) in [6.45, 7) is 8.28. The number of nitrogens with zero attached hydrogens (tertiary/aromatic N) is 4. The first-order chi connectivity index (χ1) is 10.1. The van der Waals surface area contributed by atoms with Gasteiger partial charge in [0.1, 0.15) is 5.82 Å². The van der Waals surface area contributed by atoms with Gasteiger partial charge in [-0.15, -0.1) is 0 Å². The Morgan fingerprint density at radius 1 is 1.19 bits per heavy atom. The highest BCUT2D eigenvalue weighted by atomic mass is 15.3. The fourth-order valence-electron chi connectivity index (χ4n) is 2.66. The van der Waals surface area contributed by atoms with Gasteiger partial charge in [0.15, 0.2) is 5.65 Å². The lowest BCUT2D eigenvalue weighted by Gasteiger charge is -2.20. The predicted molar refractivity (Wildman–Crippen MR) is 81.0 cm³/mol. The van der Waals surface area contributed by atoms with Crippen molar-refractivity contribution in [2.45, 2.75) is 39.8 Å². The summed E-state index contributed by atoms with van der Waals surface area (Å²) >= 11 is 0. The number of rotatable bonds is 4. The van der Waals surface area contributed by atoms with E-state index in [9.17, 15) is 0 Å².